The molecule has 0 amide bonds. The van der Waals surface area contributed by atoms with Gasteiger partial charge in [-0.3, -0.25) is 0 Å². The molecule has 0 spiro atoms. The first-order valence-corrected chi connectivity index (χ1v) is 9.01. The molecule has 0 unspecified atom stereocenters. The molecule has 3 rings (SSSR count). The van der Waals surface area contributed by atoms with Gasteiger partial charge in [-0.25, -0.2) is 0 Å². The van der Waals surface area contributed by atoms with Crippen molar-refractivity contribution in [3.63, 3.8) is 0 Å². The summed E-state index contributed by atoms with van der Waals surface area (Å²) in [5, 5.41) is 0. The van der Waals surface area contributed by atoms with Gasteiger partial charge in [-0.1, -0.05) is 26.8 Å². The fourth-order valence-electron chi connectivity index (χ4n) is 3.87. The highest BCUT2D eigenvalue weighted by Crippen LogP contribution is 2.36. The first-order chi connectivity index (χ1) is 10.9. The highest BCUT2D eigenvalue weighted by atomic mass is 16.5. The van der Waals surface area contributed by atoms with Crippen molar-refractivity contribution in [1.82, 2.24) is 4.90 Å². The van der Waals surface area contributed by atoms with E-state index < -0.39 is 0 Å². The van der Waals surface area contributed by atoms with E-state index in [9.17, 15) is 0 Å². The van der Waals surface area contributed by atoms with E-state index in [2.05, 4.69) is 49.8 Å². The molecule has 0 N–H and O–H groups in total. The van der Waals surface area contributed by atoms with Gasteiger partial charge in [0.15, 0.2) is 0 Å². The maximum absolute atomic E-state index is 5.55. The Balaban J connectivity index is 1.96. The summed E-state index contributed by atoms with van der Waals surface area (Å²) in [7, 11) is 4.08. The van der Waals surface area contributed by atoms with Crippen LogP contribution in [0.1, 0.15) is 50.3 Å². The van der Waals surface area contributed by atoms with E-state index in [0.29, 0.717) is 6.10 Å². The van der Waals surface area contributed by atoms with E-state index in [0.717, 1.165) is 32.5 Å². The summed E-state index contributed by atoms with van der Waals surface area (Å²) in [6, 6.07) is 4.92. The number of ether oxygens (including phenoxy) is 1. The normalized spacial score (nSPS) is 20.7. The molecule has 3 heteroatoms. The van der Waals surface area contributed by atoms with Gasteiger partial charge >= 0.3 is 0 Å². The van der Waals surface area contributed by atoms with E-state index in [-0.39, 0.29) is 5.41 Å². The Morgan fingerprint density at radius 2 is 1.78 bits per heavy atom. The second-order valence-corrected chi connectivity index (χ2v) is 8.29. The summed E-state index contributed by atoms with van der Waals surface area (Å²) in [5.74, 6) is 0. The average molecular weight is 316 g/mol. The van der Waals surface area contributed by atoms with Crippen LogP contribution in [0.2, 0.25) is 0 Å². The van der Waals surface area contributed by atoms with Crippen molar-refractivity contribution in [3.05, 3.63) is 28.8 Å². The number of benzene rings is 1. The van der Waals surface area contributed by atoms with Crippen LogP contribution in [0.15, 0.2) is 12.1 Å². The minimum absolute atomic E-state index is 0.199. The number of hydrogen-bond donors (Lipinski definition) is 0. The van der Waals surface area contributed by atoms with Gasteiger partial charge in [-0.15, -0.1) is 0 Å². The molecule has 23 heavy (non-hydrogen) atoms. The van der Waals surface area contributed by atoms with Gasteiger partial charge in [-0.2, -0.15) is 0 Å². The molecule has 0 bridgehead atoms. The maximum atomic E-state index is 5.55. The van der Waals surface area contributed by atoms with Gasteiger partial charge in [-0.05, 0) is 54.5 Å². The van der Waals surface area contributed by atoms with Crippen LogP contribution in [-0.4, -0.2) is 44.8 Å². The van der Waals surface area contributed by atoms with Crippen molar-refractivity contribution < 1.29 is 4.74 Å². The zero-order valence-electron chi connectivity index (χ0n) is 15.5. The summed E-state index contributed by atoms with van der Waals surface area (Å²) in [6.45, 7) is 11.5. The molecule has 2 aliphatic heterocycles. The Morgan fingerprint density at radius 1 is 1.09 bits per heavy atom. The monoisotopic (exact) mass is 316 g/mol. The third-order valence-corrected chi connectivity index (χ3v) is 5.48. The standard InChI is InChI=1S/C20H32N2O/c1-20(2,3)16-12-15-14-21(4)9-8-18(15)19(13-16)22-10-6-17(23-5)7-11-22/h12-13,17H,6-11,14H2,1-5H3. The molecule has 2 heterocycles. The molecular weight excluding hydrogens is 284 g/mol. The molecule has 0 saturated carbocycles. The molecule has 3 nitrogen and oxygen atoms in total. The molecule has 0 radical (unpaired) electrons. The zero-order valence-corrected chi connectivity index (χ0v) is 15.5. The number of piperidine rings is 1. The topological polar surface area (TPSA) is 15.7 Å². The summed E-state index contributed by atoms with van der Waals surface area (Å²) in [4.78, 5) is 5.05. The minimum atomic E-state index is 0.199. The lowest BCUT2D eigenvalue weighted by Gasteiger charge is -2.38. The molecule has 0 aliphatic carbocycles. The molecule has 1 aromatic rings. The molecule has 1 aromatic carbocycles. The quantitative estimate of drug-likeness (QED) is 0.829. The van der Waals surface area contributed by atoms with Crippen LogP contribution in [0.3, 0.4) is 0 Å². The van der Waals surface area contributed by atoms with Gasteiger partial charge in [0.25, 0.3) is 0 Å². The van der Waals surface area contributed by atoms with Crippen molar-refractivity contribution in [3.8, 4) is 0 Å². The van der Waals surface area contributed by atoms with Crippen LogP contribution in [0, 0.1) is 0 Å². The first kappa shape index (κ1) is 16.8. The predicted molar refractivity (Wildman–Crippen MR) is 97.4 cm³/mol. The van der Waals surface area contributed by atoms with E-state index in [1.807, 2.05) is 7.11 Å². The number of hydrogen-bond acceptors (Lipinski definition) is 3. The van der Waals surface area contributed by atoms with E-state index >= 15 is 0 Å². The van der Waals surface area contributed by atoms with E-state index in [1.165, 1.54) is 29.8 Å². The van der Waals surface area contributed by atoms with Crippen molar-refractivity contribution >= 4 is 5.69 Å². The van der Waals surface area contributed by atoms with Gasteiger partial charge < -0.3 is 14.5 Å². The van der Waals surface area contributed by atoms with E-state index in [1.54, 1.807) is 5.56 Å². The van der Waals surface area contributed by atoms with Crippen LogP contribution in [0.25, 0.3) is 0 Å². The smallest absolute Gasteiger partial charge is 0.0605 e. The number of likely N-dealkylation sites (N-methyl/N-ethyl adjacent to an activating group) is 1. The second-order valence-electron chi connectivity index (χ2n) is 8.29. The molecule has 1 saturated heterocycles. The van der Waals surface area contributed by atoms with Crippen LogP contribution in [0.4, 0.5) is 5.69 Å². The maximum Gasteiger partial charge on any atom is 0.0605 e. The zero-order chi connectivity index (χ0) is 16.6. The summed E-state index contributed by atoms with van der Waals surface area (Å²) >= 11 is 0. The number of methoxy groups -OCH3 is 1. The fourth-order valence-corrected chi connectivity index (χ4v) is 3.87. The van der Waals surface area contributed by atoms with E-state index in [4.69, 9.17) is 4.74 Å². The average Bonchev–Trinajstić information content (AvgIpc) is 2.52. The Morgan fingerprint density at radius 3 is 2.39 bits per heavy atom. The molecule has 128 valence electrons. The van der Waals surface area contributed by atoms with Crippen LogP contribution >= 0.6 is 0 Å². The second kappa shape index (κ2) is 6.45. The van der Waals surface area contributed by atoms with Crippen molar-refractivity contribution in [2.45, 2.75) is 58.1 Å². The molecule has 0 atom stereocenters. The third-order valence-electron chi connectivity index (χ3n) is 5.48. The Hall–Kier alpha value is -1.06. The van der Waals surface area contributed by atoms with Crippen molar-refractivity contribution in [2.75, 3.05) is 38.7 Å². The predicted octanol–water partition coefficient (Wildman–Crippen LogP) is 3.59. The molecule has 0 aromatic heterocycles. The highest BCUT2D eigenvalue weighted by Gasteiger charge is 2.26. The SMILES string of the molecule is COC1CCN(c2cc(C(C)(C)C)cc3c2CCN(C)C3)CC1. The van der Waals surface area contributed by atoms with Gasteiger partial charge in [0.05, 0.1) is 6.10 Å². The number of fused-ring (bicyclic) bond motifs is 1. The fraction of sp³-hybridized carbons (Fsp3) is 0.700. The summed E-state index contributed by atoms with van der Waals surface area (Å²) in [6.07, 6.45) is 3.91. The molecular formula is C20H32N2O. The summed E-state index contributed by atoms with van der Waals surface area (Å²) < 4.78 is 5.55. The van der Waals surface area contributed by atoms with Gasteiger partial charge in [0.2, 0.25) is 0 Å². The van der Waals surface area contributed by atoms with Crippen LogP contribution in [0.5, 0.6) is 0 Å². The molecule has 1 fully saturated rings. The Bertz CT molecular complexity index is 553. The number of rotatable bonds is 2. The van der Waals surface area contributed by atoms with Crippen molar-refractivity contribution in [2.24, 2.45) is 0 Å². The lowest BCUT2D eigenvalue weighted by atomic mass is 9.83. The number of anilines is 1. The lowest BCUT2D eigenvalue weighted by molar-refractivity contribution is 0.0819. The van der Waals surface area contributed by atoms with Crippen LogP contribution < -0.4 is 4.90 Å². The number of nitrogens with zero attached hydrogens (tertiary/aromatic N) is 2. The first-order valence-electron chi connectivity index (χ1n) is 9.01. The van der Waals surface area contributed by atoms with Crippen LogP contribution in [-0.2, 0) is 23.1 Å². The summed E-state index contributed by atoms with van der Waals surface area (Å²) in [5.41, 5.74) is 6.29. The van der Waals surface area contributed by atoms with Gasteiger partial charge in [0.1, 0.15) is 0 Å². The lowest BCUT2D eigenvalue weighted by Crippen LogP contribution is -2.38. The largest absolute Gasteiger partial charge is 0.381 e. The Labute approximate surface area is 141 Å². The molecule has 2 aliphatic rings. The minimum Gasteiger partial charge on any atom is -0.381 e. The highest BCUT2D eigenvalue weighted by molar-refractivity contribution is 5.61. The Kier molecular flexibility index (Phi) is 4.70. The third kappa shape index (κ3) is 3.56. The van der Waals surface area contributed by atoms with Crippen molar-refractivity contribution in [1.29, 1.82) is 0 Å². The van der Waals surface area contributed by atoms with Gasteiger partial charge in [0, 0.05) is 39.0 Å².